The fourth-order valence-electron chi connectivity index (χ4n) is 4.83. The average Bonchev–Trinajstić information content (AvgIpc) is 3.64. The quantitative estimate of drug-likeness (QED) is 0.181. The van der Waals surface area contributed by atoms with E-state index < -0.39 is 0 Å². The molecule has 0 fully saturated rings. The van der Waals surface area contributed by atoms with Gasteiger partial charge < -0.3 is 0 Å². The maximum atomic E-state index is 2.34. The second kappa shape index (κ2) is 17.0. The molecule has 0 saturated carbocycles. The van der Waals surface area contributed by atoms with Crippen LogP contribution in [-0.2, 0) is 12.8 Å². The van der Waals surface area contributed by atoms with Gasteiger partial charge >= 0.3 is 0 Å². The summed E-state index contributed by atoms with van der Waals surface area (Å²) in [7, 11) is 0. The Hall–Kier alpha value is -0.940. The molecule has 38 heavy (non-hydrogen) atoms. The topological polar surface area (TPSA) is 0 Å². The number of hydrogen-bond donors (Lipinski definition) is 0. The van der Waals surface area contributed by atoms with Gasteiger partial charge in [-0.3, -0.25) is 0 Å². The minimum Gasteiger partial charge on any atom is -0.0878 e. The lowest BCUT2D eigenvalue weighted by Gasteiger charge is -2.07. The van der Waals surface area contributed by atoms with Gasteiger partial charge in [0.2, 0.25) is 0 Å². The minimum atomic E-state index is 1.21. The van der Waals surface area contributed by atoms with Gasteiger partial charge in [-0.1, -0.05) is 174 Å². The highest BCUT2D eigenvalue weighted by molar-refractivity contribution is 8.36. The third-order valence-corrected chi connectivity index (χ3v) is 12.6. The first-order valence-electron chi connectivity index (χ1n) is 14.8. The predicted octanol–water partition coefficient (Wildman–Crippen LogP) is 12.9. The zero-order valence-corrected chi connectivity index (χ0v) is 26.6. The number of aryl methyl sites for hydroxylation is 2. The molecule has 0 spiro atoms. The largest absolute Gasteiger partial charge is 0.0878 e. The van der Waals surface area contributed by atoms with Crippen LogP contribution < -0.4 is 0 Å². The predicted molar refractivity (Wildman–Crippen MR) is 180 cm³/mol. The van der Waals surface area contributed by atoms with E-state index in [0.717, 1.165) is 0 Å². The standard InChI is InChI=1S/C34H44S4/c1-3-5-7-9-11-13-15-27-17-21-29(22-18-27)31-25-35-33(37-31)34-36-26-32(38-34)30-23-19-28(20-24-30)16-14-12-10-8-6-4-2/h17-26H,3-16H2,1-2H3/b34-33+. The Morgan fingerprint density at radius 1 is 0.447 bits per heavy atom. The summed E-state index contributed by atoms with van der Waals surface area (Å²) in [5.74, 6) is 0. The summed E-state index contributed by atoms with van der Waals surface area (Å²) in [6.07, 6.45) is 18.8. The molecule has 0 aromatic heterocycles. The number of rotatable bonds is 16. The molecule has 4 heteroatoms. The molecule has 0 N–H and O–H groups in total. The maximum Gasteiger partial charge on any atom is 0.0700 e. The molecule has 2 aliphatic rings. The molecule has 0 unspecified atom stereocenters. The van der Waals surface area contributed by atoms with E-state index in [0.29, 0.717) is 0 Å². The summed E-state index contributed by atoms with van der Waals surface area (Å²) in [6, 6.07) is 18.7. The van der Waals surface area contributed by atoms with E-state index in [9.17, 15) is 0 Å². The van der Waals surface area contributed by atoms with E-state index in [1.165, 1.54) is 130 Å². The maximum absolute atomic E-state index is 2.34. The Balaban J connectivity index is 1.21. The highest BCUT2D eigenvalue weighted by atomic mass is 32.2. The number of unbranched alkanes of at least 4 members (excludes halogenated alkanes) is 10. The van der Waals surface area contributed by atoms with E-state index in [4.69, 9.17) is 0 Å². The average molecular weight is 581 g/mol. The molecule has 0 atom stereocenters. The second-order valence-electron chi connectivity index (χ2n) is 10.4. The van der Waals surface area contributed by atoms with Gasteiger partial charge in [-0.25, -0.2) is 0 Å². The lowest BCUT2D eigenvalue weighted by molar-refractivity contribution is 0.607. The Labute approximate surface area is 249 Å². The second-order valence-corrected chi connectivity index (χ2v) is 14.8. The van der Waals surface area contributed by atoms with Crippen molar-refractivity contribution in [1.82, 2.24) is 0 Å². The van der Waals surface area contributed by atoms with Crippen molar-refractivity contribution in [3.05, 3.63) is 90.1 Å². The van der Waals surface area contributed by atoms with Crippen LogP contribution in [0.2, 0.25) is 0 Å². The van der Waals surface area contributed by atoms with Gasteiger partial charge in [0, 0.05) is 9.81 Å². The van der Waals surface area contributed by atoms with Gasteiger partial charge in [-0.15, -0.1) is 0 Å². The van der Waals surface area contributed by atoms with Crippen LogP contribution in [0.15, 0.2) is 67.8 Å². The van der Waals surface area contributed by atoms with Crippen molar-refractivity contribution >= 4 is 56.9 Å². The molecule has 2 heterocycles. The van der Waals surface area contributed by atoms with Crippen LogP contribution in [0.1, 0.15) is 113 Å². The van der Waals surface area contributed by atoms with E-state index in [-0.39, 0.29) is 0 Å². The van der Waals surface area contributed by atoms with Gasteiger partial charge in [-0.2, -0.15) is 0 Å². The van der Waals surface area contributed by atoms with Gasteiger partial charge in [0.25, 0.3) is 0 Å². The zero-order chi connectivity index (χ0) is 26.4. The zero-order valence-electron chi connectivity index (χ0n) is 23.3. The van der Waals surface area contributed by atoms with Crippen molar-refractivity contribution in [3.63, 3.8) is 0 Å². The highest BCUT2D eigenvalue weighted by Crippen LogP contribution is 2.58. The molecule has 2 aromatic rings. The number of hydrogen-bond acceptors (Lipinski definition) is 4. The van der Waals surface area contributed by atoms with Crippen molar-refractivity contribution in [1.29, 1.82) is 0 Å². The van der Waals surface area contributed by atoms with Crippen molar-refractivity contribution in [2.24, 2.45) is 0 Å². The van der Waals surface area contributed by atoms with Crippen molar-refractivity contribution < 1.29 is 0 Å². The van der Waals surface area contributed by atoms with Crippen LogP contribution in [0.3, 0.4) is 0 Å². The molecule has 204 valence electrons. The fourth-order valence-corrected chi connectivity index (χ4v) is 9.76. The Bertz CT molecular complexity index is 989. The molecule has 0 radical (unpaired) electrons. The lowest BCUT2D eigenvalue weighted by Crippen LogP contribution is -1.87. The smallest absolute Gasteiger partial charge is 0.0700 e. The van der Waals surface area contributed by atoms with Crippen LogP contribution >= 0.6 is 47.0 Å². The van der Waals surface area contributed by atoms with Gasteiger partial charge in [-0.05, 0) is 58.8 Å². The third-order valence-electron chi connectivity index (χ3n) is 7.23. The Kier molecular flexibility index (Phi) is 13.4. The first kappa shape index (κ1) is 30.0. The van der Waals surface area contributed by atoms with E-state index in [2.05, 4.69) is 73.2 Å². The molecule has 0 saturated heterocycles. The van der Waals surface area contributed by atoms with Crippen molar-refractivity contribution in [2.75, 3.05) is 0 Å². The summed E-state index contributed by atoms with van der Waals surface area (Å²) in [4.78, 5) is 2.77. The highest BCUT2D eigenvalue weighted by Gasteiger charge is 2.23. The molecular formula is C34H44S4. The first-order valence-corrected chi connectivity index (χ1v) is 18.2. The Morgan fingerprint density at radius 3 is 1.21 bits per heavy atom. The molecule has 2 aliphatic heterocycles. The Morgan fingerprint density at radius 2 is 0.816 bits per heavy atom. The van der Waals surface area contributed by atoms with Crippen LogP contribution in [-0.4, -0.2) is 0 Å². The summed E-state index contributed by atoms with van der Waals surface area (Å²) < 4.78 is 2.86. The molecule has 0 nitrogen and oxygen atoms in total. The van der Waals surface area contributed by atoms with E-state index in [1.54, 1.807) is 0 Å². The van der Waals surface area contributed by atoms with Gasteiger partial charge in [0.15, 0.2) is 0 Å². The SMILES string of the molecule is CCCCCCCCc1ccc(C2=CS/C(=C3/SC=C(c4ccc(CCCCCCCC)cc4)S3)S2)cc1. The van der Waals surface area contributed by atoms with Crippen LogP contribution in [0, 0.1) is 0 Å². The first-order chi connectivity index (χ1) is 18.8. The molecule has 4 rings (SSSR count). The monoisotopic (exact) mass is 580 g/mol. The summed E-state index contributed by atoms with van der Waals surface area (Å²) in [5.41, 5.74) is 5.67. The van der Waals surface area contributed by atoms with Crippen LogP contribution in [0.4, 0.5) is 0 Å². The molecule has 0 amide bonds. The van der Waals surface area contributed by atoms with Crippen LogP contribution in [0.25, 0.3) is 9.81 Å². The normalized spacial score (nSPS) is 17.2. The minimum absolute atomic E-state index is 1.21. The lowest BCUT2D eigenvalue weighted by atomic mass is 10.0. The molecule has 2 aromatic carbocycles. The van der Waals surface area contributed by atoms with E-state index in [1.807, 2.05) is 47.0 Å². The van der Waals surface area contributed by atoms with Crippen molar-refractivity contribution in [3.8, 4) is 0 Å². The summed E-state index contributed by atoms with van der Waals surface area (Å²) >= 11 is 7.66. The molecule has 0 aliphatic carbocycles. The van der Waals surface area contributed by atoms with Crippen molar-refractivity contribution in [2.45, 2.75) is 104 Å². The van der Waals surface area contributed by atoms with Gasteiger partial charge in [0.1, 0.15) is 0 Å². The number of thioether (sulfide) groups is 4. The van der Waals surface area contributed by atoms with E-state index >= 15 is 0 Å². The number of benzene rings is 2. The summed E-state index contributed by atoms with van der Waals surface area (Å²) in [5, 5.41) is 4.68. The molecular weight excluding hydrogens is 537 g/mol. The fraction of sp³-hybridized carbons (Fsp3) is 0.471. The third kappa shape index (κ3) is 9.61. The molecule has 0 bridgehead atoms. The van der Waals surface area contributed by atoms with Gasteiger partial charge in [0.05, 0.1) is 8.47 Å². The summed E-state index contributed by atoms with van der Waals surface area (Å²) in [6.45, 7) is 4.57. The van der Waals surface area contributed by atoms with Crippen LogP contribution in [0.5, 0.6) is 0 Å².